The molecule has 0 amide bonds. The van der Waals surface area contributed by atoms with Gasteiger partial charge in [0.15, 0.2) is 0 Å². The quantitative estimate of drug-likeness (QED) is 0.134. The number of benzene rings is 14. The molecule has 0 radical (unpaired) electrons. The number of aromatic nitrogens is 2. The molecule has 0 saturated carbocycles. The highest BCUT2D eigenvalue weighted by Crippen LogP contribution is 2.50. The van der Waals surface area contributed by atoms with Crippen molar-refractivity contribution < 1.29 is 0 Å². The van der Waals surface area contributed by atoms with Gasteiger partial charge in [0.25, 0.3) is 6.71 Å². The van der Waals surface area contributed by atoms with Crippen LogP contribution in [0.2, 0.25) is 0 Å². The maximum absolute atomic E-state index is 2.63. The van der Waals surface area contributed by atoms with Crippen molar-refractivity contribution in [2.75, 3.05) is 9.80 Å². The fraction of sp³-hybridized carbons (Fsp3) is 0.192. The average Bonchev–Trinajstić information content (AvgIpc) is 1.11. The van der Waals surface area contributed by atoms with E-state index in [0.717, 1.165) is 67.8 Å². The number of anilines is 6. The summed E-state index contributed by atoms with van der Waals surface area (Å²) >= 11 is 0. The van der Waals surface area contributed by atoms with Crippen LogP contribution in [0.4, 0.5) is 34.1 Å². The molecular formula is C104H95BN4. The number of fused-ring (bicyclic) bond motifs is 10. The van der Waals surface area contributed by atoms with Crippen molar-refractivity contribution in [2.45, 2.75) is 131 Å². The van der Waals surface area contributed by atoms with Crippen molar-refractivity contribution in [3.63, 3.8) is 0 Å². The molecule has 2 aromatic heterocycles. The van der Waals surface area contributed by atoms with Crippen molar-refractivity contribution in [1.29, 1.82) is 0 Å². The fourth-order valence-electron chi connectivity index (χ4n) is 17.4. The predicted molar refractivity (Wildman–Crippen MR) is 470 cm³/mol. The van der Waals surface area contributed by atoms with Gasteiger partial charge in [0, 0.05) is 67.0 Å². The topological polar surface area (TPSA) is 16.3 Å². The molecule has 0 spiro atoms. The number of hydrogen-bond donors (Lipinski definition) is 0. The molecule has 18 rings (SSSR count). The lowest BCUT2D eigenvalue weighted by Crippen LogP contribution is -2.61. The van der Waals surface area contributed by atoms with Crippen LogP contribution in [-0.2, 0) is 27.1 Å². The van der Waals surface area contributed by atoms with Crippen molar-refractivity contribution in [3.8, 4) is 67.0 Å². The van der Waals surface area contributed by atoms with E-state index in [4.69, 9.17) is 0 Å². The Morgan fingerprint density at radius 3 is 0.798 bits per heavy atom. The van der Waals surface area contributed by atoms with Crippen LogP contribution in [0.5, 0.6) is 0 Å². The van der Waals surface area contributed by atoms with Gasteiger partial charge in [-0.3, -0.25) is 0 Å². The molecule has 4 nitrogen and oxygen atoms in total. The molecular weight excluding hydrogens is 1320 g/mol. The molecule has 5 heteroatoms. The SMILES string of the molecule is CC(C)(C)c1ccc(-c2cc3c4c(c2)N(c2ccc(-c5ccccc5-c5ccccc5)cc2)c2cc(-n5c6cc(C(C)(C)C)ccc6c6ccc(C(C)(C)C)cc65)ccc2B4c2ccc(-n4c5cc(C(C)(C)C)ccc5c5ccc(C(C)(C)C)cc54)cc2N3c2ccc(-c3ccccc3-c3ccccc3)cc2)cc1. The minimum absolute atomic E-state index is 0.0381. The Labute approximate surface area is 644 Å². The minimum Gasteiger partial charge on any atom is -0.311 e. The lowest BCUT2D eigenvalue weighted by molar-refractivity contribution is 0.590. The Hall–Kier alpha value is -11.7. The van der Waals surface area contributed by atoms with E-state index >= 15 is 0 Å². The Kier molecular flexibility index (Phi) is 16.2. The van der Waals surface area contributed by atoms with E-state index in [1.54, 1.807) is 0 Å². The van der Waals surface area contributed by atoms with Crippen LogP contribution in [-0.4, -0.2) is 15.8 Å². The molecule has 0 atom stereocenters. The first-order valence-electron chi connectivity index (χ1n) is 39.1. The van der Waals surface area contributed by atoms with Gasteiger partial charge in [-0.15, -0.1) is 0 Å². The summed E-state index contributed by atoms with van der Waals surface area (Å²) in [5.74, 6) is 0. The Morgan fingerprint density at radius 2 is 0.486 bits per heavy atom. The fourth-order valence-corrected chi connectivity index (χ4v) is 17.4. The minimum atomic E-state index is -0.201. The molecule has 109 heavy (non-hydrogen) atoms. The second-order valence-electron chi connectivity index (χ2n) is 35.9. The molecule has 2 aliphatic heterocycles. The zero-order valence-electron chi connectivity index (χ0n) is 65.7. The number of nitrogens with zero attached hydrogens (tertiary/aromatic N) is 4. The number of hydrogen-bond acceptors (Lipinski definition) is 2. The van der Waals surface area contributed by atoms with Crippen molar-refractivity contribution in [2.24, 2.45) is 0 Å². The summed E-state index contributed by atoms with van der Waals surface area (Å²) in [6, 6.07) is 117. The van der Waals surface area contributed by atoms with Crippen molar-refractivity contribution in [1.82, 2.24) is 9.13 Å². The van der Waals surface area contributed by atoms with Gasteiger partial charge in [-0.2, -0.15) is 0 Å². The maximum atomic E-state index is 2.63. The summed E-state index contributed by atoms with van der Waals surface area (Å²) in [7, 11) is 0. The lowest BCUT2D eigenvalue weighted by Gasteiger charge is -2.44. The molecule has 0 unspecified atom stereocenters. The largest absolute Gasteiger partial charge is 0.311 e. The highest BCUT2D eigenvalue weighted by molar-refractivity contribution is 7.00. The van der Waals surface area contributed by atoms with E-state index in [9.17, 15) is 0 Å². The van der Waals surface area contributed by atoms with E-state index in [-0.39, 0.29) is 33.8 Å². The molecule has 0 fully saturated rings. The van der Waals surface area contributed by atoms with E-state index < -0.39 is 0 Å². The first-order chi connectivity index (χ1) is 52.2. The van der Waals surface area contributed by atoms with Gasteiger partial charge in [0.05, 0.1) is 22.1 Å². The zero-order valence-corrected chi connectivity index (χ0v) is 65.7. The molecule has 4 heterocycles. The highest BCUT2D eigenvalue weighted by Gasteiger charge is 2.45. The van der Waals surface area contributed by atoms with Crippen molar-refractivity contribution >= 4 is 101 Å². The second kappa shape index (κ2) is 25.5. The zero-order chi connectivity index (χ0) is 75.4. The van der Waals surface area contributed by atoms with Gasteiger partial charge in [-0.25, -0.2) is 0 Å². The standard InChI is InChI=1S/C104H95BN4/c1-100(2,3)72-40-34-66(35-41-72)71-58-97-99-98(59-71)107(78-48-38-70(39-49-78)84-33-25-23-31-82(84)68-28-20-17-21-29-68)96-65-80(109-93-62-75(103(10,11)12)44-54-87(93)88-55-45-76(63-94(88)109)104(13,14)15)51-57-90(96)105(99)89-56-50-79(108-91-60-73(101(4,5)6)42-52-85(91)86-53-43-74(61-92(86)108)102(7,8)9)64-95(89)106(97)77-46-36-69(37-47-77)83-32-24-22-30-81(83)67-26-18-16-19-27-67/h16-65H,1-15H3. The van der Waals surface area contributed by atoms with Gasteiger partial charge >= 0.3 is 0 Å². The van der Waals surface area contributed by atoms with Crippen LogP contribution in [0.3, 0.4) is 0 Å². The van der Waals surface area contributed by atoms with E-state index in [1.165, 1.54) is 121 Å². The summed E-state index contributed by atoms with van der Waals surface area (Å²) in [5.41, 5.74) is 35.5. The van der Waals surface area contributed by atoms with E-state index in [1.807, 2.05) is 0 Å². The third kappa shape index (κ3) is 11.9. The summed E-state index contributed by atoms with van der Waals surface area (Å²) in [6.07, 6.45) is 0. The average molecular weight is 1410 g/mol. The summed E-state index contributed by atoms with van der Waals surface area (Å²) in [6.45, 7) is 34.8. The lowest BCUT2D eigenvalue weighted by atomic mass is 9.33. The highest BCUT2D eigenvalue weighted by atomic mass is 15.2. The van der Waals surface area contributed by atoms with Crippen molar-refractivity contribution in [3.05, 3.63) is 331 Å². The van der Waals surface area contributed by atoms with Gasteiger partial charge in [0.2, 0.25) is 0 Å². The molecule has 0 bridgehead atoms. The molecule has 0 N–H and O–H groups in total. The van der Waals surface area contributed by atoms with Crippen LogP contribution in [0.15, 0.2) is 303 Å². The normalized spacial score (nSPS) is 13.2. The van der Waals surface area contributed by atoms with Gasteiger partial charge in [-0.05, 0) is 212 Å². The molecule has 16 aromatic rings. The third-order valence-electron chi connectivity index (χ3n) is 23.5. The monoisotopic (exact) mass is 1410 g/mol. The Bertz CT molecular complexity index is 5780. The summed E-state index contributed by atoms with van der Waals surface area (Å²) in [4.78, 5) is 5.25. The molecule has 14 aromatic carbocycles. The molecule has 534 valence electrons. The summed E-state index contributed by atoms with van der Waals surface area (Å²) < 4.78 is 5.16. The van der Waals surface area contributed by atoms with Gasteiger partial charge in [-0.1, -0.05) is 322 Å². The first kappa shape index (κ1) is 69.1. The van der Waals surface area contributed by atoms with Crippen LogP contribution in [0, 0.1) is 0 Å². The van der Waals surface area contributed by atoms with Crippen LogP contribution in [0.25, 0.3) is 111 Å². The van der Waals surface area contributed by atoms with Gasteiger partial charge < -0.3 is 18.9 Å². The Morgan fingerprint density at radius 1 is 0.211 bits per heavy atom. The molecule has 2 aliphatic rings. The first-order valence-corrected chi connectivity index (χ1v) is 39.1. The van der Waals surface area contributed by atoms with E-state index in [0.29, 0.717) is 0 Å². The predicted octanol–water partition coefficient (Wildman–Crippen LogP) is 26.8. The van der Waals surface area contributed by atoms with Gasteiger partial charge in [0.1, 0.15) is 0 Å². The van der Waals surface area contributed by atoms with Crippen LogP contribution < -0.4 is 26.2 Å². The smallest absolute Gasteiger partial charge is 0.252 e. The molecule has 0 saturated heterocycles. The third-order valence-corrected chi connectivity index (χ3v) is 23.5. The number of rotatable bonds is 9. The maximum Gasteiger partial charge on any atom is 0.252 e. The van der Waals surface area contributed by atoms with Crippen LogP contribution in [0.1, 0.15) is 132 Å². The Balaban J connectivity index is 0.945. The molecule has 0 aliphatic carbocycles. The second-order valence-corrected chi connectivity index (χ2v) is 35.9. The summed E-state index contributed by atoms with van der Waals surface area (Å²) in [5, 5.41) is 5.00. The van der Waals surface area contributed by atoms with E-state index in [2.05, 4.69) is 426 Å². The van der Waals surface area contributed by atoms with Crippen LogP contribution >= 0.6 is 0 Å².